The highest BCUT2D eigenvalue weighted by Gasteiger charge is 2.41. The molecular weight excluding hydrogens is 408 g/mol. The third kappa shape index (κ3) is 3.90. The zero-order valence-electron chi connectivity index (χ0n) is 16.4. The van der Waals surface area contributed by atoms with Crippen molar-refractivity contribution in [2.24, 2.45) is 0 Å². The third-order valence-corrected chi connectivity index (χ3v) is 5.46. The van der Waals surface area contributed by atoms with E-state index in [0.717, 1.165) is 0 Å². The number of nitrogens with one attached hydrogen (secondary N) is 2. The topological polar surface area (TPSA) is 95.6 Å². The zero-order chi connectivity index (χ0) is 22.2. The van der Waals surface area contributed by atoms with E-state index in [1.54, 1.807) is 24.3 Å². The van der Waals surface area contributed by atoms with Crippen LogP contribution in [0.2, 0.25) is 0 Å². The fourth-order valence-electron chi connectivity index (χ4n) is 3.81. The molecule has 1 saturated heterocycles. The monoisotopic (exact) mass is 427 g/mol. The first-order valence-corrected chi connectivity index (χ1v) is 9.75. The second kappa shape index (κ2) is 7.90. The molecule has 160 valence electrons. The molecule has 2 heterocycles. The van der Waals surface area contributed by atoms with Crippen molar-refractivity contribution in [3.05, 3.63) is 70.8 Å². The molecule has 1 atom stereocenters. The number of carbonyl (C=O) groups excluding carboxylic acids is 4. The van der Waals surface area contributed by atoms with Gasteiger partial charge in [0.15, 0.2) is 0 Å². The molecule has 1 unspecified atom stereocenters. The van der Waals surface area contributed by atoms with Crippen LogP contribution >= 0.6 is 0 Å². The molecule has 0 radical (unpaired) electrons. The number of imide groups is 1. The number of halogens is 2. The largest absolute Gasteiger partial charge is 0.349 e. The Bertz CT molecular complexity index is 1070. The van der Waals surface area contributed by atoms with Gasteiger partial charge in [0.05, 0.1) is 0 Å². The quantitative estimate of drug-likeness (QED) is 0.712. The molecule has 4 amide bonds. The average Bonchev–Trinajstić information content (AvgIpc) is 3.08. The van der Waals surface area contributed by atoms with Gasteiger partial charge in [-0.2, -0.15) is 8.78 Å². The maximum atomic E-state index is 14.3. The van der Waals surface area contributed by atoms with Crippen LogP contribution in [0, 0.1) is 0 Å². The number of piperidine rings is 1. The molecule has 0 bridgehead atoms. The van der Waals surface area contributed by atoms with E-state index >= 15 is 0 Å². The molecule has 31 heavy (non-hydrogen) atoms. The van der Waals surface area contributed by atoms with Crippen molar-refractivity contribution in [2.45, 2.75) is 37.9 Å². The van der Waals surface area contributed by atoms with Crippen molar-refractivity contribution in [3.63, 3.8) is 0 Å². The van der Waals surface area contributed by atoms with Gasteiger partial charge in [-0.3, -0.25) is 24.5 Å². The van der Waals surface area contributed by atoms with Gasteiger partial charge in [-0.1, -0.05) is 42.5 Å². The third-order valence-electron chi connectivity index (χ3n) is 5.46. The Morgan fingerprint density at radius 3 is 2.58 bits per heavy atom. The van der Waals surface area contributed by atoms with Crippen LogP contribution in [0.15, 0.2) is 48.5 Å². The number of alkyl halides is 2. The first-order valence-electron chi connectivity index (χ1n) is 9.75. The number of fused-ring (bicyclic) bond motifs is 1. The smallest absolute Gasteiger partial charge is 0.346 e. The van der Waals surface area contributed by atoms with Crippen molar-refractivity contribution in [2.75, 3.05) is 0 Å². The van der Waals surface area contributed by atoms with Crippen molar-refractivity contribution in [1.29, 1.82) is 0 Å². The zero-order valence-corrected chi connectivity index (χ0v) is 16.4. The Labute approximate surface area is 176 Å². The Kier molecular flexibility index (Phi) is 5.26. The first-order chi connectivity index (χ1) is 14.8. The van der Waals surface area contributed by atoms with Crippen LogP contribution in [-0.2, 0) is 33.4 Å². The molecule has 9 heteroatoms. The Morgan fingerprint density at radius 2 is 1.87 bits per heavy atom. The van der Waals surface area contributed by atoms with Gasteiger partial charge < -0.3 is 10.2 Å². The van der Waals surface area contributed by atoms with Crippen molar-refractivity contribution in [3.8, 4) is 0 Å². The van der Waals surface area contributed by atoms with Crippen molar-refractivity contribution in [1.82, 2.24) is 15.5 Å². The molecule has 2 aromatic carbocycles. The summed E-state index contributed by atoms with van der Waals surface area (Å²) in [5.74, 6) is -6.28. The predicted molar refractivity (Wildman–Crippen MR) is 105 cm³/mol. The van der Waals surface area contributed by atoms with Crippen LogP contribution in [0.3, 0.4) is 0 Å². The molecule has 0 saturated carbocycles. The Balaban J connectivity index is 1.43. The van der Waals surface area contributed by atoms with Gasteiger partial charge in [-0.25, -0.2) is 0 Å². The summed E-state index contributed by atoms with van der Waals surface area (Å²) < 4.78 is 28.6. The Hall–Kier alpha value is -3.62. The summed E-state index contributed by atoms with van der Waals surface area (Å²) in [6.07, 6.45) is 0.408. The van der Waals surface area contributed by atoms with E-state index in [2.05, 4.69) is 10.6 Å². The fourth-order valence-corrected chi connectivity index (χ4v) is 3.81. The maximum absolute atomic E-state index is 14.3. The number of carbonyl (C=O) groups is 4. The lowest BCUT2D eigenvalue weighted by molar-refractivity contribution is -0.147. The van der Waals surface area contributed by atoms with Crippen LogP contribution in [0.25, 0.3) is 0 Å². The standard InChI is InChI=1S/C22H19F2N3O4/c23-22(24,15-4-2-1-3-5-15)21(31)25-11-13-6-7-16-14(10-13)12-27(20(16)30)17-8-9-18(28)26-19(17)29/h1-7,10,17H,8-9,11-12H2,(H,25,31)(H,26,28,29). The summed E-state index contributed by atoms with van der Waals surface area (Å²) >= 11 is 0. The van der Waals surface area contributed by atoms with Crippen LogP contribution in [0.5, 0.6) is 0 Å². The lowest BCUT2D eigenvalue weighted by Gasteiger charge is -2.29. The van der Waals surface area contributed by atoms with Gasteiger partial charge >= 0.3 is 5.92 Å². The average molecular weight is 427 g/mol. The summed E-state index contributed by atoms with van der Waals surface area (Å²) in [5.41, 5.74) is 1.20. The van der Waals surface area contributed by atoms with Gasteiger partial charge in [0.1, 0.15) is 6.04 Å². The number of hydrogen-bond donors (Lipinski definition) is 2. The summed E-state index contributed by atoms with van der Waals surface area (Å²) in [6.45, 7) is 0.0313. The highest BCUT2D eigenvalue weighted by atomic mass is 19.3. The summed E-state index contributed by atoms with van der Waals surface area (Å²) in [5, 5.41) is 4.47. The molecule has 1 fully saturated rings. The number of benzene rings is 2. The molecule has 2 aliphatic rings. The van der Waals surface area contributed by atoms with Gasteiger partial charge in [0.25, 0.3) is 11.8 Å². The van der Waals surface area contributed by atoms with E-state index in [9.17, 15) is 28.0 Å². The Morgan fingerprint density at radius 1 is 1.13 bits per heavy atom. The summed E-state index contributed by atoms with van der Waals surface area (Å²) in [6, 6.07) is 10.9. The summed E-state index contributed by atoms with van der Waals surface area (Å²) in [4.78, 5) is 49.6. The minimum Gasteiger partial charge on any atom is -0.346 e. The number of rotatable bonds is 5. The normalized spacial score (nSPS) is 18.6. The lowest BCUT2D eigenvalue weighted by Crippen LogP contribution is -2.52. The fraction of sp³-hybridized carbons (Fsp3) is 0.273. The molecule has 2 aromatic rings. The summed E-state index contributed by atoms with van der Waals surface area (Å²) in [7, 11) is 0. The molecule has 0 aromatic heterocycles. The molecular formula is C22H19F2N3O4. The lowest BCUT2D eigenvalue weighted by atomic mass is 10.0. The molecule has 7 nitrogen and oxygen atoms in total. The van der Waals surface area contributed by atoms with E-state index in [-0.39, 0.29) is 37.7 Å². The van der Waals surface area contributed by atoms with E-state index in [0.29, 0.717) is 16.7 Å². The van der Waals surface area contributed by atoms with Gasteiger partial charge in [0, 0.05) is 30.6 Å². The van der Waals surface area contributed by atoms with E-state index in [1.165, 1.54) is 29.2 Å². The molecule has 0 spiro atoms. The van der Waals surface area contributed by atoms with Gasteiger partial charge in [-0.15, -0.1) is 0 Å². The SMILES string of the molecule is O=C1CCC(N2Cc3cc(CNC(=O)C(F)(F)c4ccccc4)ccc3C2=O)C(=O)N1. The van der Waals surface area contributed by atoms with Gasteiger partial charge in [-0.05, 0) is 23.6 Å². The molecule has 2 N–H and O–H groups in total. The second-order valence-corrected chi connectivity index (χ2v) is 7.51. The van der Waals surface area contributed by atoms with E-state index < -0.39 is 29.3 Å². The molecule has 4 rings (SSSR count). The van der Waals surface area contributed by atoms with Crippen LogP contribution < -0.4 is 10.6 Å². The minimum atomic E-state index is -3.67. The highest BCUT2D eigenvalue weighted by Crippen LogP contribution is 2.29. The minimum absolute atomic E-state index is 0.138. The van der Waals surface area contributed by atoms with Crippen molar-refractivity contribution >= 4 is 23.6 Å². The number of amides is 4. The van der Waals surface area contributed by atoms with E-state index in [4.69, 9.17) is 0 Å². The van der Waals surface area contributed by atoms with Crippen molar-refractivity contribution < 1.29 is 28.0 Å². The van der Waals surface area contributed by atoms with E-state index in [1.807, 2.05) is 0 Å². The predicted octanol–water partition coefficient (Wildman–Crippen LogP) is 1.86. The van der Waals surface area contributed by atoms with Crippen LogP contribution in [0.1, 0.15) is 39.9 Å². The maximum Gasteiger partial charge on any atom is 0.349 e. The number of nitrogens with zero attached hydrogens (tertiary/aromatic N) is 1. The highest BCUT2D eigenvalue weighted by molar-refractivity contribution is 6.05. The second-order valence-electron chi connectivity index (χ2n) is 7.51. The first kappa shape index (κ1) is 20.6. The molecule has 2 aliphatic heterocycles. The van der Waals surface area contributed by atoms with Gasteiger partial charge in [0.2, 0.25) is 11.8 Å². The molecule has 0 aliphatic carbocycles. The van der Waals surface area contributed by atoms with Crippen LogP contribution in [0.4, 0.5) is 8.78 Å². The van der Waals surface area contributed by atoms with Crippen LogP contribution in [-0.4, -0.2) is 34.6 Å². The number of hydrogen-bond acceptors (Lipinski definition) is 4.